The maximum atomic E-state index is 13.3. The molecular formula is C21H20ClFN4O2. The molecule has 0 fully saturated rings. The zero-order valence-electron chi connectivity index (χ0n) is 15.8. The SMILES string of the molecule is CCN(CC(=O)Nc1cc(-c2ccccc2)nn1-c1ccc(F)cc1)C(=O)CCl. The van der Waals surface area contributed by atoms with E-state index < -0.39 is 0 Å². The van der Waals surface area contributed by atoms with Gasteiger partial charge in [0.05, 0.1) is 17.9 Å². The fourth-order valence-electron chi connectivity index (χ4n) is 2.82. The summed E-state index contributed by atoms with van der Waals surface area (Å²) in [5, 5.41) is 7.35. The first kappa shape index (κ1) is 20.5. The van der Waals surface area contributed by atoms with Crippen LogP contribution in [-0.2, 0) is 9.59 Å². The van der Waals surface area contributed by atoms with Gasteiger partial charge in [0.15, 0.2) is 0 Å². The van der Waals surface area contributed by atoms with Crippen LogP contribution in [-0.4, -0.2) is 45.5 Å². The molecule has 2 amide bonds. The largest absolute Gasteiger partial charge is 0.333 e. The van der Waals surface area contributed by atoms with E-state index in [1.165, 1.54) is 21.7 Å². The number of likely N-dealkylation sites (N-methyl/N-ethyl adjacent to an activating group) is 1. The van der Waals surface area contributed by atoms with Crippen molar-refractivity contribution in [2.75, 3.05) is 24.3 Å². The molecule has 2 aromatic carbocycles. The molecule has 1 heterocycles. The minimum atomic E-state index is -0.381. The molecule has 6 nitrogen and oxygen atoms in total. The Kier molecular flexibility index (Phi) is 6.61. The molecule has 0 bridgehead atoms. The van der Waals surface area contributed by atoms with Crippen LogP contribution in [0.25, 0.3) is 16.9 Å². The van der Waals surface area contributed by atoms with Crippen LogP contribution in [0.5, 0.6) is 0 Å². The normalized spacial score (nSPS) is 10.6. The Hall–Kier alpha value is -3.19. The number of aromatic nitrogens is 2. The van der Waals surface area contributed by atoms with Crippen LogP contribution in [0.1, 0.15) is 6.92 Å². The minimum Gasteiger partial charge on any atom is -0.333 e. The highest BCUT2D eigenvalue weighted by molar-refractivity contribution is 6.27. The third-order valence-electron chi connectivity index (χ3n) is 4.30. The molecule has 8 heteroatoms. The number of carbonyl (C=O) groups excluding carboxylic acids is 2. The first-order chi connectivity index (χ1) is 14.0. The van der Waals surface area contributed by atoms with E-state index in [0.29, 0.717) is 23.7 Å². The van der Waals surface area contributed by atoms with Crippen LogP contribution in [0.15, 0.2) is 60.7 Å². The van der Waals surface area contributed by atoms with Crippen molar-refractivity contribution >= 4 is 29.2 Å². The molecule has 0 spiro atoms. The minimum absolute atomic E-state index is 0.128. The van der Waals surface area contributed by atoms with Crippen molar-refractivity contribution < 1.29 is 14.0 Å². The second-order valence-corrected chi connectivity index (χ2v) is 6.53. The maximum absolute atomic E-state index is 13.3. The quantitative estimate of drug-likeness (QED) is 0.599. The molecule has 3 rings (SSSR count). The number of alkyl halides is 1. The van der Waals surface area contributed by atoms with Crippen molar-refractivity contribution in [1.29, 1.82) is 0 Å². The number of rotatable bonds is 7. The van der Waals surface area contributed by atoms with Gasteiger partial charge in [-0.1, -0.05) is 30.3 Å². The molecule has 0 aliphatic heterocycles. The van der Waals surface area contributed by atoms with E-state index >= 15 is 0 Å². The van der Waals surface area contributed by atoms with E-state index in [-0.39, 0.29) is 30.1 Å². The highest BCUT2D eigenvalue weighted by atomic mass is 35.5. The van der Waals surface area contributed by atoms with Crippen molar-refractivity contribution in [3.8, 4) is 16.9 Å². The standard InChI is InChI=1S/C21H20ClFN4O2/c1-2-26(21(29)13-22)14-20(28)24-19-12-18(15-6-4-3-5-7-15)25-27(19)17-10-8-16(23)9-11-17/h3-12H,2,13-14H2,1H3,(H,24,28). The summed E-state index contributed by atoms with van der Waals surface area (Å²) in [4.78, 5) is 25.7. The van der Waals surface area contributed by atoms with Crippen LogP contribution in [0.3, 0.4) is 0 Å². The molecule has 1 aromatic heterocycles. The Morgan fingerprint density at radius 1 is 1.14 bits per heavy atom. The lowest BCUT2D eigenvalue weighted by atomic mass is 10.1. The van der Waals surface area contributed by atoms with Crippen molar-refractivity contribution in [1.82, 2.24) is 14.7 Å². The molecule has 0 unspecified atom stereocenters. The summed E-state index contributed by atoms with van der Waals surface area (Å²) in [6.07, 6.45) is 0. The van der Waals surface area contributed by atoms with Gasteiger partial charge < -0.3 is 10.2 Å². The predicted octanol–water partition coefficient (Wildman–Crippen LogP) is 3.70. The Morgan fingerprint density at radius 3 is 2.45 bits per heavy atom. The van der Waals surface area contributed by atoms with Crippen LogP contribution in [0, 0.1) is 5.82 Å². The monoisotopic (exact) mass is 414 g/mol. The Bertz CT molecular complexity index is 990. The lowest BCUT2D eigenvalue weighted by molar-refractivity contribution is -0.132. The first-order valence-electron chi connectivity index (χ1n) is 9.06. The fraction of sp³-hybridized carbons (Fsp3) is 0.190. The molecule has 0 atom stereocenters. The first-order valence-corrected chi connectivity index (χ1v) is 9.60. The number of hydrogen-bond acceptors (Lipinski definition) is 3. The van der Waals surface area contributed by atoms with Gasteiger partial charge in [-0.2, -0.15) is 5.10 Å². The van der Waals surface area contributed by atoms with Crippen LogP contribution < -0.4 is 5.32 Å². The molecule has 0 aliphatic carbocycles. The molecule has 3 aromatic rings. The number of nitrogens with zero attached hydrogens (tertiary/aromatic N) is 3. The summed E-state index contributed by atoms with van der Waals surface area (Å²) in [7, 11) is 0. The third kappa shape index (κ3) is 5.00. The predicted molar refractivity (Wildman–Crippen MR) is 111 cm³/mol. The van der Waals surface area contributed by atoms with Crippen molar-refractivity contribution in [2.24, 2.45) is 0 Å². The topological polar surface area (TPSA) is 67.2 Å². The van der Waals surface area contributed by atoms with Crippen molar-refractivity contribution in [3.05, 3.63) is 66.5 Å². The molecular weight excluding hydrogens is 395 g/mol. The molecule has 150 valence electrons. The number of nitrogens with one attached hydrogen (secondary N) is 1. The molecule has 1 N–H and O–H groups in total. The number of halogens is 2. The smallest absolute Gasteiger partial charge is 0.245 e. The number of hydrogen-bond donors (Lipinski definition) is 1. The highest BCUT2D eigenvalue weighted by Gasteiger charge is 2.18. The van der Waals surface area contributed by atoms with Crippen LogP contribution >= 0.6 is 11.6 Å². The summed E-state index contributed by atoms with van der Waals surface area (Å²) in [5.74, 6) is -0.843. The van der Waals surface area contributed by atoms with E-state index in [1.54, 1.807) is 25.1 Å². The van der Waals surface area contributed by atoms with Gasteiger partial charge in [-0.15, -0.1) is 11.6 Å². The summed E-state index contributed by atoms with van der Waals surface area (Å²) in [5.41, 5.74) is 2.11. The van der Waals surface area contributed by atoms with Crippen molar-refractivity contribution in [2.45, 2.75) is 6.92 Å². The van der Waals surface area contributed by atoms with E-state index in [1.807, 2.05) is 30.3 Å². The Labute approximate surface area is 172 Å². The Balaban J connectivity index is 1.91. The average Bonchev–Trinajstić information content (AvgIpc) is 3.16. The van der Waals surface area contributed by atoms with Gasteiger partial charge in [0.25, 0.3) is 0 Å². The number of benzene rings is 2. The zero-order valence-corrected chi connectivity index (χ0v) is 16.6. The van der Waals surface area contributed by atoms with Gasteiger partial charge in [-0.05, 0) is 31.2 Å². The molecule has 0 aliphatic rings. The zero-order chi connectivity index (χ0) is 20.8. The van der Waals surface area contributed by atoms with Crippen LogP contribution in [0.2, 0.25) is 0 Å². The van der Waals surface area contributed by atoms with E-state index in [9.17, 15) is 14.0 Å². The average molecular weight is 415 g/mol. The number of amides is 2. The second-order valence-electron chi connectivity index (χ2n) is 6.26. The molecule has 29 heavy (non-hydrogen) atoms. The van der Waals surface area contributed by atoms with Gasteiger partial charge in [0, 0.05) is 18.2 Å². The van der Waals surface area contributed by atoms with Crippen molar-refractivity contribution in [3.63, 3.8) is 0 Å². The van der Waals surface area contributed by atoms with Gasteiger partial charge in [-0.3, -0.25) is 9.59 Å². The van der Waals surface area contributed by atoms with E-state index in [2.05, 4.69) is 10.4 Å². The summed E-state index contributed by atoms with van der Waals surface area (Å²) in [6, 6.07) is 17.0. The lowest BCUT2D eigenvalue weighted by Gasteiger charge is -2.19. The van der Waals surface area contributed by atoms with E-state index in [0.717, 1.165) is 5.56 Å². The molecule has 0 saturated heterocycles. The van der Waals surface area contributed by atoms with Gasteiger partial charge in [0.1, 0.15) is 17.5 Å². The van der Waals surface area contributed by atoms with E-state index in [4.69, 9.17) is 11.6 Å². The summed E-state index contributed by atoms with van der Waals surface area (Å²) < 4.78 is 14.9. The number of carbonyl (C=O) groups is 2. The highest BCUT2D eigenvalue weighted by Crippen LogP contribution is 2.25. The molecule has 0 radical (unpaired) electrons. The van der Waals surface area contributed by atoms with Crippen LogP contribution in [0.4, 0.5) is 10.2 Å². The maximum Gasteiger partial charge on any atom is 0.245 e. The lowest BCUT2D eigenvalue weighted by Crippen LogP contribution is -2.38. The molecule has 0 saturated carbocycles. The van der Waals surface area contributed by atoms with Gasteiger partial charge >= 0.3 is 0 Å². The van der Waals surface area contributed by atoms with Gasteiger partial charge in [0.2, 0.25) is 11.8 Å². The third-order valence-corrected chi connectivity index (χ3v) is 4.53. The second kappa shape index (κ2) is 9.34. The number of anilines is 1. The van der Waals surface area contributed by atoms with Gasteiger partial charge in [-0.25, -0.2) is 9.07 Å². The summed E-state index contributed by atoms with van der Waals surface area (Å²) in [6.45, 7) is 2.01. The summed E-state index contributed by atoms with van der Waals surface area (Å²) >= 11 is 5.59. The fourth-order valence-corrected chi connectivity index (χ4v) is 2.98. The Morgan fingerprint density at radius 2 is 1.83 bits per heavy atom.